The fraction of sp³-hybridized carbons (Fsp3) is 0.387. The molecule has 0 heterocycles. The van der Waals surface area contributed by atoms with Crippen molar-refractivity contribution in [2.45, 2.75) is 71.6 Å². The summed E-state index contributed by atoms with van der Waals surface area (Å²) in [5.74, 6) is -1.46. The molecule has 0 saturated heterocycles. The van der Waals surface area contributed by atoms with Gasteiger partial charge in [-0.1, -0.05) is 76.6 Å². The zero-order valence-corrected chi connectivity index (χ0v) is 21.3. The van der Waals surface area contributed by atoms with Crippen molar-refractivity contribution in [2.75, 3.05) is 6.61 Å². The maximum Gasteiger partial charge on any atom is 0.343 e. The second-order valence-corrected chi connectivity index (χ2v) is 9.10. The smallest absolute Gasteiger partial charge is 0.343 e. The summed E-state index contributed by atoms with van der Waals surface area (Å²) < 4.78 is 39.8. The molecule has 0 spiro atoms. The van der Waals surface area contributed by atoms with Gasteiger partial charge in [0.15, 0.2) is 23.1 Å². The predicted octanol–water partition coefficient (Wildman–Crippen LogP) is 8.93. The van der Waals surface area contributed by atoms with E-state index in [0.29, 0.717) is 12.2 Å². The fourth-order valence-corrected chi connectivity index (χ4v) is 4.00. The lowest BCUT2D eigenvalue weighted by molar-refractivity contribution is 0.0728. The molecule has 0 aromatic heterocycles. The van der Waals surface area contributed by atoms with Gasteiger partial charge < -0.3 is 9.47 Å². The van der Waals surface area contributed by atoms with Crippen LogP contribution in [0, 0.1) is 11.6 Å². The van der Waals surface area contributed by atoms with Crippen molar-refractivity contribution < 1.29 is 23.0 Å². The molecular weight excluding hydrogens is 458 g/mol. The highest BCUT2D eigenvalue weighted by molar-refractivity contribution is 5.91. The summed E-state index contributed by atoms with van der Waals surface area (Å²) in [6, 6.07) is 16.2. The van der Waals surface area contributed by atoms with E-state index in [1.165, 1.54) is 24.6 Å². The molecule has 0 unspecified atom stereocenters. The Kier molecular flexibility index (Phi) is 10.9. The van der Waals surface area contributed by atoms with Gasteiger partial charge >= 0.3 is 5.97 Å². The summed E-state index contributed by atoms with van der Waals surface area (Å²) >= 11 is 0. The van der Waals surface area contributed by atoms with E-state index in [-0.39, 0.29) is 17.1 Å². The Hall–Kier alpha value is -3.21. The first-order valence-corrected chi connectivity index (χ1v) is 13.0. The largest absolute Gasteiger partial charge is 0.491 e. The lowest BCUT2D eigenvalue weighted by Crippen LogP contribution is -2.09. The number of aryl methyl sites for hydroxylation is 1. The molecule has 0 radical (unpaired) electrons. The number of hydrogen-bond donors (Lipinski definition) is 0. The summed E-state index contributed by atoms with van der Waals surface area (Å²) in [4.78, 5) is 12.5. The maximum atomic E-state index is 14.5. The zero-order chi connectivity index (χ0) is 25.8. The third kappa shape index (κ3) is 8.18. The van der Waals surface area contributed by atoms with Gasteiger partial charge in [-0.2, -0.15) is 0 Å². The lowest BCUT2D eigenvalue weighted by atomic mass is 10.0. The third-order valence-electron chi connectivity index (χ3n) is 6.16. The molecule has 0 N–H and O–H groups in total. The van der Waals surface area contributed by atoms with Crippen molar-refractivity contribution in [1.29, 1.82) is 0 Å². The molecule has 36 heavy (non-hydrogen) atoms. The van der Waals surface area contributed by atoms with Gasteiger partial charge in [-0.25, -0.2) is 13.6 Å². The Balaban J connectivity index is 1.57. The topological polar surface area (TPSA) is 35.5 Å². The van der Waals surface area contributed by atoms with Crippen molar-refractivity contribution in [3.63, 3.8) is 0 Å². The van der Waals surface area contributed by atoms with Crippen molar-refractivity contribution >= 4 is 5.97 Å². The van der Waals surface area contributed by atoms with Crippen molar-refractivity contribution in [1.82, 2.24) is 0 Å². The average Bonchev–Trinajstić information content (AvgIpc) is 2.89. The first kappa shape index (κ1) is 27.4. The Bertz CT molecular complexity index is 1110. The highest BCUT2D eigenvalue weighted by atomic mass is 19.1. The minimum Gasteiger partial charge on any atom is -0.491 e. The van der Waals surface area contributed by atoms with Crippen LogP contribution in [0.2, 0.25) is 0 Å². The molecule has 0 aliphatic carbocycles. The molecule has 3 rings (SSSR count). The number of unbranched alkanes of at least 4 members (excludes halogenated alkanes) is 6. The first-order valence-electron chi connectivity index (χ1n) is 13.0. The fourth-order valence-electron chi connectivity index (χ4n) is 4.00. The van der Waals surface area contributed by atoms with Gasteiger partial charge in [0, 0.05) is 0 Å². The molecule has 192 valence electrons. The van der Waals surface area contributed by atoms with Crippen molar-refractivity contribution in [3.8, 4) is 22.6 Å². The number of hydrogen-bond acceptors (Lipinski definition) is 3. The monoisotopic (exact) mass is 494 g/mol. The molecule has 0 aliphatic heterocycles. The number of ether oxygens (including phenoxy) is 2. The van der Waals surface area contributed by atoms with Gasteiger partial charge in [-0.3, -0.25) is 0 Å². The number of carbonyl (C=O) groups is 1. The van der Waals surface area contributed by atoms with Crippen LogP contribution in [0.5, 0.6) is 11.5 Å². The Morgan fingerprint density at radius 1 is 0.694 bits per heavy atom. The van der Waals surface area contributed by atoms with E-state index < -0.39 is 17.6 Å². The molecule has 3 aromatic carbocycles. The van der Waals surface area contributed by atoms with E-state index in [9.17, 15) is 13.6 Å². The van der Waals surface area contributed by atoms with Gasteiger partial charge in [-0.05, 0) is 72.4 Å². The molecule has 0 bridgehead atoms. The molecule has 0 atom stereocenters. The van der Waals surface area contributed by atoms with E-state index >= 15 is 0 Å². The SMILES string of the molecule is CCCCCCOc1ccc(-c2ccc(C(=O)Oc3ccc(CCCCCC)cc3F)cc2)cc1F. The van der Waals surface area contributed by atoms with Gasteiger partial charge in [-0.15, -0.1) is 0 Å². The summed E-state index contributed by atoms with van der Waals surface area (Å²) in [5, 5.41) is 0. The van der Waals surface area contributed by atoms with E-state index in [2.05, 4.69) is 13.8 Å². The van der Waals surface area contributed by atoms with Crippen LogP contribution in [0.1, 0.15) is 81.1 Å². The van der Waals surface area contributed by atoms with Crippen LogP contribution in [0.25, 0.3) is 11.1 Å². The van der Waals surface area contributed by atoms with Crippen LogP contribution in [-0.4, -0.2) is 12.6 Å². The molecule has 0 aliphatic rings. The standard InChI is InChI=1S/C31H36F2O3/c1-3-5-7-9-11-23-12-18-30(27(32)21-23)36-31(34)25-15-13-24(14-16-25)26-17-19-29(28(33)22-26)35-20-10-8-6-4-2/h12-19,21-22H,3-11,20H2,1-2H3. The molecule has 5 heteroatoms. The van der Waals surface area contributed by atoms with Crippen LogP contribution < -0.4 is 9.47 Å². The minimum atomic E-state index is -0.644. The van der Waals surface area contributed by atoms with E-state index in [1.54, 1.807) is 42.5 Å². The first-order chi connectivity index (χ1) is 17.5. The van der Waals surface area contributed by atoms with Crippen LogP contribution in [0.4, 0.5) is 8.78 Å². The van der Waals surface area contributed by atoms with Crippen LogP contribution in [0.3, 0.4) is 0 Å². The second kappa shape index (κ2) is 14.4. The van der Waals surface area contributed by atoms with E-state index in [1.807, 2.05) is 0 Å². The Morgan fingerprint density at radius 2 is 1.33 bits per heavy atom. The van der Waals surface area contributed by atoms with Gasteiger partial charge in [0.25, 0.3) is 0 Å². The Labute approximate surface area is 213 Å². The highest BCUT2D eigenvalue weighted by Crippen LogP contribution is 2.27. The van der Waals surface area contributed by atoms with Gasteiger partial charge in [0.2, 0.25) is 0 Å². The predicted molar refractivity (Wildman–Crippen MR) is 141 cm³/mol. The number of esters is 1. The lowest BCUT2D eigenvalue weighted by Gasteiger charge is -2.10. The average molecular weight is 495 g/mol. The quantitative estimate of drug-likeness (QED) is 0.127. The molecule has 0 amide bonds. The van der Waals surface area contributed by atoms with Crippen molar-refractivity contribution in [3.05, 3.63) is 83.4 Å². The van der Waals surface area contributed by atoms with Crippen LogP contribution in [-0.2, 0) is 6.42 Å². The summed E-state index contributed by atoms with van der Waals surface area (Å²) in [6.07, 6.45) is 9.52. The summed E-state index contributed by atoms with van der Waals surface area (Å²) in [7, 11) is 0. The van der Waals surface area contributed by atoms with E-state index in [0.717, 1.165) is 62.5 Å². The molecular formula is C31H36F2O3. The van der Waals surface area contributed by atoms with E-state index in [4.69, 9.17) is 9.47 Å². The maximum absolute atomic E-state index is 14.5. The highest BCUT2D eigenvalue weighted by Gasteiger charge is 2.13. The number of halogens is 2. The van der Waals surface area contributed by atoms with Gasteiger partial charge in [0.05, 0.1) is 12.2 Å². The number of carbonyl (C=O) groups excluding carboxylic acids is 1. The number of rotatable bonds is 14. The molecule has 0 fully saturated rings. The van der Waals surface area contributed by atoms with Crippen LogP contribution >= 0.6 is 0 Å². The number of benzene rings is 3. The van der Waals surface area contributed by atoms with Gasteiger partial charge in [0.1, 0.15) is 0 Å². The summed E-state index contributed by atoms with van der Waals surface area (Å²) in [6.45, 7) is 4.79. The Morgan fingerprint density at radius 3 is 2.00 bits per heavy atom. The zero-order valence-electron chi connectivity index (χ0n) is 21.3. The third-order valence-corrected chi connectivity index (χ3v) is 6.16. The molecule has 0 saturated carbocycles. The molecule has 3 aromatic rings. The van der Waals surface area contributed by atoms with Crippen LogP contribution in [0.15, 0.2) is 60.7 Å². The molecule has 3 nitrogen and oxygen atoms in total. The minimum absolute atomic E-state index is 0.0891. The van der Waals surface area contributed by atoms with Crippen molar-refractivity contribution in [2.24, 2.45) is 0 Å². The second-order valence-electron chi connectivity index (χ2n) is 9.10. The summed E-state index contributed by atoms with van der Waals surface area (Å²) in [5.41, 5.74) is 2.60. The normalized spacial score (nSPS) is 10.9.